The Balaban J connectivity index is 1.81. The Kier molecular flexibility index (Phi) is 4.37. The van der Waals surface area contributed by atoms with Crippen LogP contribution in [0.1, 0.15) is 36.3 Å². The average Bonchev–Trinajstić information content (AvgIpc) is 3.22. The van der Waals surface area contributed by atoms with Crippen molar-refractivity contribution in [3.8, 4) is 11.4 Å². The van der Waals surface area contributed by atoms with Crippen molar-refractivity contribution in [3.05, 3.63) is 48.6 Å². The van der Waals surface area contributed by atoms with Gasteiger partial charge in [0.05, 0.1) is 6.33 Å². The molecule has 0 radical (unpaired) electrons. The number of aromatic nitrogens is 5. The Morgan fingerprint density at radius 1 is 1.38 bits per heavy atom. The third-order valence-corrected chi connectivity index (χ3v) is 3.52. The molecule has 8 nitrogen and oxygen atoms in total. The molecule has 1 unspecified atom stereocenters. The molecule has 3 rings (SSSR count). The van der Waals surface area contributed by atoms with Gasteiger partial charge < -0.3 is 14.4 Å². The first kappa shape index (κ1) is 15.9. The predicted octanol–water partition coefficient (Wildman–Crippen LogP) is 1.99. The molecule has 1 amide bonds. The molecule has 3 heterocycles. The molecule has 0 aliphatic heterocycles. The van der Waals surface area contributed by atoms with Crippen LogP contribution < -0.4 is 5.32 Å². The zero-order chi connectivity index (χ0) is 17.1. The highest BCUT2D eigenvalue weighted by molar-refractivity contribution is 5.92. The summed E-state index contributed by atoms with van der Waals surface area (Å²) in [6.07, 6.45) is 6.56. The number of carbonyl (C=O) groups is 1. The molecule has 24 heavy (non-hydrogen) atoms. The third kappa shape index (κ3) is 3.32. The fraction of sp³-hybridized carbons (Fsp3) is 0.312. The predicted molar refractivity (Wildman–Crippen MR) is 85.8 cm³/mol. The lowest BCUT2D eigenvalue weighted by Gasteiger charge is -2.17. The highest BCUT2D eigenvalue weighted by Crippen LogP contribution is 2.23. The molecule has 0 fully saturated rings. The number of aryl methyl sites for hydroxylation is 1. The van der Waals surface area contributed by atoms with Gasteiger partial charge in [-0.3, -0.25) is 9.78 Å². The Morgan fingerprint density at radius 3 is 2.83 bits per heavy atom. The van der Waals surface area contributed by atoms with E-state index in [-0.39, 0.29) is 11.8 Å². The molecule has 0 spiro atoms. The van der Waals surface area contributed by atoms with E-state index >= 15 is 0 Å². The highest BCUT2D eigenvalue weighted by Gasteiger charge is 2.26. The van der Waals surface area contributed by atoms with E-state index in [9.17, 15) is 4.79 Å². The molecule has 3 aromatic rings. The Labute approximate surface area is 138 Å². The monoisotopic (exact) mass is 326 g/mol. The van der Waals surface area contributed by atoms with Gasteiger partial charge in [0, 0.05) is 31.2 Å². The number of imidazole rings is 1. The van der Waals surface area contributed by atoms with Gasteiger partial charge in [-0.1, -0.05) is 19.0 Å². The number of nitrogens with zero attached hydrogens (tertiary/aromatic N) is 5. The number of hydrogen-bond acceptors (Lipinski definition) is 6. The maximum atomic E-state index is 12.3. The highest BCUT2D eigenvalue weighted by atomic mass is 16.5. The minimum atomic E-state index is -0.405. The number of pyridine rings is 1. The fourth-order valence-corrected chi connectivity index (χ4v) is 2.23. The van der Waals surface area contributed by atoms with Crippen LogP contribution in [-0.2, 0) is 7.05 Å². The van der Waals surface area contributed by atoms with Crippen molar-refractivity contribution in [2.45, 2.75) is 19.9 Å². The SMILES string of the molecule is CC(C)C(NC(=O)c1cn(C)cn1)c1nc(-c2cccnc2)no1. The standard InChI is InChI=1S/C16H18N6O2/c1-10(2)13(19-15(23)12-8-22(3)9-18-12)16-20-14(21-24-16)11-5-4-6-17-7-11/h4-10,13H,1-3H3,(H,19,23). The zero-order valence-corrected chi connectivity index (χ0v) is 13.7. The number of amides is 1. The molecule has 0 aromatic carbocycles. The van der Waals surface area contributed by atoms with Crippen LogP contribution in [0.25, 0.3) is 11.4 Å². The summed E-state index contributed by atoms with van der Waals surface area (Å²) in [6.45, 7) is 3.94. The second kappa shape index (κ2) is 6.61. The van der Waals surface area contributed by atoms with Crippen LogP contribution in [0.15, 0.2) is 41.6 Å². The maximum absolute atomic E-state index is 12.3. The lowest BCUT2D eigenvalue weighted by atomic mass is 10.0. The van der Waals surface area contributed by atoms with Gasteiger partial charge in [-0.05, 0) is 18.1 Å². The lowest BCUT2D eigenvalue weighted by Crippen LogP contribution is -2.32. The summed E-state index contributed by atoms with van der Waals surface area (Å²) in [4.78, 5) is 24.8. The quantitative estimate of drug-likeness (QED) is 0.770. The van der Waals surface area contributed by atoms with Crippen molar-refractivity contribution in [2.24, 2.45) is 13.0 Å². The summed E-state index contributed by atoms with van der Waals surface area (Å²) >= 11 is 0. The molecule has 0 bridgehead atoms. The van der Waals surface area contributed by atoms with E-state index in [2.05, 4.69) is 25.4 Å². The van der Waals surface area contributed by atoms with E-state index < -0.39 is 6.04 Å². The molecule has 1 atom stereocenters. The number of hydrogen-bond donors (Lipinski definition) is 1. The Bertz CT molecular complexity index is 824. The van der Waals surface area contributed by atoms with Crippen LogP contribution >= 0.6 is 0 Å². The van der Waals surface area contributed by atoms with Crippen LogP contribution in [0.5, 0.6) is 0 Å². The molecule has 0 saturated heterocycles. The summed E-state index contributed by atoms with van der Waals surface area (Å²) in [6, 6.07) is 3.24. The van der Waals surface area contributed by atoms with Crippen LogP contribution in [0, 0.1) is 5.92 Å². The van der Waals surface area contributed by atoms with Crippen molar-refractivity contribution in [2.75, 3.05) is 0 Å². The molecule has 0 aliphatic rings. The topological polar surface area (TPSA) is 98.7 Å². The van der Waals surface area contributed by atoms with Crippen molar-refractivity contribution < 1.29 is 9.32 Å². The first-order valence-electron chi connectivity index (χ1n) is 7.57. The number of nitrogens with one attached hydrogen (secondary N) is 1. The minimum absolute atomic E-state index is 0.0693. The van der Waals surface area contributed by atoms with E-state index in [0.717, 1.165) is 5.56 Å². The summed E-state index contributed by atoms with van der Waals surface area (Å²) in [5.41, 5.74) is 1.10. The van der Waals surface area contributed by atoms with E-state index in [4.69, 9.17) is 4.52 Å². The molecule has 0 aliphatic carbocycles. The average molecular weight is 326 g/mol. The van der Waals surface area contributed by atoms with E-state index in [1.54, 1.807) is 35.6 Å². The fourth-order valence-electron chi connectivity index (χ4n) is 2.23. The summed E-state index contributed by atoms with van der Waals surface area (Å²) < 4.78 is 7.07. The van der Waals surface area contributed by atoms with E-state index in [1.807, 2.05) is 27.0 Å². The molecule has 8 heteroatoms. The van der Waals surface area contributed by atoms with E-state index in [1.165, 1.54) is 0 Å². The van der Waals surface area contributed by atoms with E-state index in [0.29, 0.717) is 17.4 Å². The smallest absolute Gasteiger partial charge is 0.272 e. The zero-order valence-electron chi connectivity index (χ0n) is 13.7. The number of carbonyl (C=O) groups excluding carboxylic acids is 1. The molecular weight excluding hydrogens is 308 g/mol. The normalized spacial score (nSPS) is 12.3. The van der Waals surface area contributed by atoms with Crippen LogP contribution in [0.3, 0.4) is 0 Å². The Morgan fingerprint density at radius 2 is 2.21 bits per heavy atom. The van der Waals surface area contributed by atoms with Gasteiger partial charge in [-0.2, -0.15) is 4.98 Å². The van der Waals surface area contributed by atoms with Gasteiger partial charge in [-0.25, -0.2) is 4.98 Å². The molecule has 3 aromatic heterocycles. The van der Waals surface area contributed by atoms with Crippen LogP contribution in [-0.4, -0.2) is 30.6 Å². The summed E-state index contributed by atoms with van der Waals surface area (Å²) in [5, 5.41) is 6.88. The second-order valence-electron chi connectivity index (χ2n) is 5.82. The van der Waals surface area contributed by atoms with Crippen LogP contribution in [0.4, 0.5) is 0 Å². The molecule has 124 valence electrons. The van der Waals surface area contributed by atoms with Gasteiger partial charge in [0.25, 0.3) is 5.91 Å². The number of rotatable bonds is 5. The minimum Gasteiger partial charge on any atom is -0.340 e. The van der Waals surface area contributed by atoms with Crippen molar-refractivity contribution >= 4 is 5.91 Å². The summed E-state index contributed by atoms with van der Waals surface area (Å²) in [5.74, 6) is 0.583. The molecule has 1 N–H and O–H groups in total. The first-order valence-corrected chi connectivity index (χ1v) is 7.57. The van der Waals surface area contributed by atoms with Crippen molar-refractivity contribution in [3.63, 3.8) is 0 Å². The second-order valence-corrected chi connectivity index (χ2v) is 5.82. The van der Waals surface area contributed by atoms with Crippen LogP contribution in [0.2, 0.25) is 0 Å². The largest absolute Gasteiger partial charge is 0.340 e. The first-order chi connectivity index (χ1) is 11.5. The van der Waals surface area contributed by atoms with Gasteiger partial charge in [0.1, 0.15) is 11.7 Å². The van der Waals surface area contributed by atoms with Crippen molar-refractivity contribution in [1.82, 2.24) is 30.0 Å². The molecular formula is C16H18N6O2. The van der Waals surface area contributed by atoms with Gasteiger partial charge in [-0.15, -0.1) is 0 Å². The maximum Gasteiger partial charge on any atom is 0.272 e. The summed E-state index contributed by atoms with van der Waals surface area (Å²) in [7, 11) is 1.81. The van der Waals surface area contributed by atoms with Gasteiger partial charge in [0.15, 0.2) is 0 Å². The lowest BCUT2D eigenvalue weighted by molar-refractivity contribution is 0.0909. The van der Waals surface area contributed by atoms with Crippen molar-refractivity contribution in [1.29, 1.82) is 0 Å². The third-order valence-electron chi connectivity index (χ3n) is 3.52. The van der Waals surface area contributed by atoms with Gasteiger partial charge >= 0.3 is 0 Å². The molecule has 0 saturated carbocycles. The Hall–Kier alpha value is -3.03. The van der Waals surface area contributed by atoms with Gasteiger partial charge in [0.2, 0.25) is 11.7 Å².